The second-order valence-corrected chi connectivity index (χ2v) is 5.24. The average molecular weight is 286 g/mol. The molecule has 21 heavy (non-hydrogen) atoms. The summed E-state index contributed by atoms with van der Waals surface area (Å²) in [6.07, 6.45) is 0. The molecule has 0 radical (unpaired) electrons. The number of carbonyl (C=O) groups is 1. The summed E-state index contributed by atoms with van der Waals surface area (Å²) in [6.45, 7) is 8.30. The molecule has 0 unspecified atom stereocenters. The summed E-state index contributed by atoms with van der Waals surface area (Å²) < 4.78 is 0. The molecule has 1 aromatic rings. The Morgan fingerprint density at radius 2 is 2.00 bits per heavy atom. The van der Waals surface area contributed by atoms with Crippen molar-refractivity contribution in [3.05, 3.63) is 34.9 Å². The van der Waals surface area contributed by atoms with E-state index in [1.807, 2.05) is 30.0 Å². The van der Waals surface area contributed by atoms with Crippen molar-refractivity contribution in [2.75, 3.05) is 39.3 Å². The molecule has 0 aromatic heterocycles. The van der Waals surface area contributed by atoms with E-state index in [-0.39, 0.29) is 12.5 Å². The Morgan fingerprint density at radius 1 is 1.29 bits per heavy atom. The number of nitrogens with zero attached hydrogens (tertiary/aromatic N) is 2. The zero-order chi connectivity index (χ0) is 15.2. The molecule has 0 aliphatic carbocycles. The maximum Gasteiger partial charge on any atom is 0.255 e. The minimum absolute atomic E-state index is 0.0386. The molecule has 2 rings (SSSR count). The maximum atomic E-state index is 12.7. The van der Waals surface area contributed by atoms with Gasteiger partial charge in [-0.1, -0.05) is 30.4 Å². The van der Waals surface area contributed by atoms with Gasteiger partial charge in [-0.25, -0.2) is 0 Å². The number of hydrogen-bond donors (Lipinski definition) is 1. The molecule has 0 bridgehead atoms. The fourth-order valence-corrected chi connectivity index (χ4v) is 2.52. The van der Waals surface area contributed by atoms with Gasteiger partial charge in [-0.3, -0.25) is 4.79 Å². The van der Waals surface area contributed by atoms with Gasteiger partial charge in [0.1, 0.15) is 6.61 Å². The second-order valence-electron chi connectivity index (χ2n) is 5.24. The lowest BCUT2D eigenvalue weighted by molar-refractivity contribution is 0.0643. The van der Waals surface area contributed by atoms with E-state index in [0.29, 0.717) is 11.1 Å². The first-order chi connectivity index (χ1) is 10.2. The number of aryl methyl sites for hydroxylation is 1. The van der Waals surface area contributed by atoms with Gasteiger partial charge in [0.05, 0.1) is 5.56 Å². The third-order valence-corrected chi connectivity index (χ3v) is 3.81. The van der Waals surface area contributed by atoms with E-state index in [0.717, 1.165) is 38.3 Å². The summed E-state index contributed by atoms with van der Waals surface area (Å²) in [6, 6.07) is 5.68. The quantitative estimate of drug-likeness (QED) is 0.829. The first-order valence-electron chi connectivity index (χ1n) is 7.37. The first kappa shape index (κ1) is 15.6. The van der Waals surface area contributed by atoms with Gasteiger partial charge in [-0.15, -0.1) is 0 Å². The molecule has 1 aliphatic heterocycles. The van der Waals surface area contributed by atoms with Gasteiger partial charge in [-0.2, -0.15) is 0 Å². The van der Waals surface area contributed by atoms with Crippen LogP contribution in [0.5, 0.6) is 0 Å². The van der Waals surface area contributed by atoms with Gasteiger partial charge in [0.25, 0.3) is 5.91 Å². The molecule has 1 aromatic carbocycles. The number of rotatable bonds is 2. The van der Waals surface area contributed by atoms with Crippen LogP contribution in [0.3, 0.4) is 0 Å². The number of likely N-dealkylation sites (N-methyl/N-ethyl adjacent to an activating group) is 1. The minimum Gasteiger partial charge on any atom is -0.384 e. The molecule has 4 heteroatoms. The van der Waals surface area contributed by atoms with Crippen LogP contribution in [0.2, 0.25) is 0 Å². The molecule has 112 valence electrons. The second kappa shape index (κ2) is 7.26. The minimum atomic E-state index is -0.198. The standard InChI is InChI=1S/C17H22N2O2/c1-3-18-8-10-19(11-9-18)17(21)16-13-14(2)6-7-15(16)5-4-12-20/h6-7,13,20H,3,8-12H2,1-2H3. The fourth-order valence-electron chi connectivity index (χ4n) is 2.52. The number of aliphatic hydroxyl groups excluding tert-OH is 1. The van der Waals surface area contributed by atoms with E-state index in [1.54, 1.807) is 0 Å². The van der Waals surface area contributed by atoms with Crippen molar-refractivity contribution in [3.8, 4) is 11.8 Å². The van der Waals surface area contributed by atoms with Crippen LogP contribution in [0.15, 0.2) is 18.2 Å². The van der Waals surface area contributed by atoms with Crippen molar-refractivity contribution < 1.29 is 9.90 Å². The van der Waals surface area contributed by atoms with Crippen molar-refractivity contribution in [2.24, 2.45) is 0 Å². The van der Waals surface area contributed by atoms with E-state index >= 15 is 0 Å². The third-order valence-electron chi connectivity index (χ3n) is 3.81. The van der Waals surface area contributed by atoms with Crippen molar-refractivity contribution >= 4 is 5.91 Å². The highest BCUT2D eigenvalue weighted by Gasteiger charge is 2.22. The van der Waals surface area contributed by atoms with Crippen LogP contribution >= 0.6 is 0 Å². The third kappa shape index (κ3) is 3.84. The SMILES string of the molecule is CCN1CCN(C(=O)c2cc(C)ccc2C#CCO)CC1. The van der Waals surface area contributed by atoms with Crippen molar-refractivity contribution in [1.29, 1.82) is 0 Å². The number of aliphatic hydroxyl groups is 1. The van der Waals surface area contributed by atoms with Gasteiger partial charge in [0, 0.05) is 31.7 Å². The summed E-state index contributed by atoms with van der Waals surface area (Å²) in [5.41, 5.74) is 2.37. The molecule has 1 aliphatic rings. The van der Waals surface area contributed by atoms with Crippen LogP contribution in [0, 0.1) is 18.8 Å². The smallest absolute Gasteiger partial charge is 0.255 e. The Kier molecular flexibility index (Phi) is 5.38. The molecule has 0 saturated carbocycles. The van der Waals surface area contributed by atoms with E-state index < -0.39 is 0 Å². The fraction of sp³-hybridized carbons (Fsp3) is 0.471. The lowest BCUT2D eigenvalue weighted by Gasteiger charge is -2.34. The largest absolute Gasteiger partial charge is 0.384 e. The number of hydrogen-bond acceptors (Lipinski definition) is 3. The summed E-state index contributed by atoms with van der Waals surface area (Å²) in [5.74, 6) is 5.54. The maximum absolute atomic E-state index is 12.7. The number of piperazine rings is 1. The molecule has 4 nitrogen and oxygen atoms in total. The Balaban J connectivity index is 2.20. The summed E-state index contributed by atoms with van der Waals surface area (Å²) in [7, 11) is 0. The molecule has 1 N–H and O–H groups in total. The Morgan fingerprint density at radius 3 is 2.62 bits per heavy atom. The summed E-state index contributed by atoms with van der Waals surface area (Å²) >= 11 is 0. The lowest BCUT2D eigenvalue weighted by Crippen LogP contribution is -2.48. The van der Waals surface area contributed by atoms with E-state index in [9.17, 15) is 4.79 Å². The average Bonchev–Trinajstić information content (AvgIpc) is 2.53. The normalized spacial score (nSPS) is 15.5. The lowest BCUT2D eigenvalue weighted by atomic mass is 10.0. The van der Waals surface area contributed by atoms with Gasteiger partial charge in [-0.05, 0) is 25.6 Å². The van der Waals surface area contributed by atoms with Crippen LogP contribution in [0.25, 0.3) is 0 Å². The van der Waals surface area contributed by atoms with Gasteiger partial charge in [0.2, 0.25) is 0 Å². The van der Waals surface area contributed by atoms with Gasteiger partial charge in [0.15, 0.2) is 0 Å². The monoisotopic (exact) mass is 286 g/mol. The zero-order valence-electron chi connectivity index (χ0n) is 12.7. The van der Waals surface area contributed by atoms with Crippen LogP contribution in [0.1, 0.15) is 28.4 Å². The van der Waals surface area contributed by atoms with Crippen molar-refractivity contribution in [2.45, 2.75) is 13.8 Å². The molecule has 1 fully saturated rings. The van der Waals surface area contributed by atoms with Crippen LogP contribution < -0.4 is 0 Å². The Hall–Kier alpha value is -1.83. The van der Waals surface area contributed by atoms with Crippen LogP contribution in [-0.4, -0.2) is 60.1 Å². The van der Waals surface area contributed by atoms with Gasteiger partial charge >= 0.3 is 0 Å². The van der Waals surface area contributed by atoms with Crippen LogP contribution in [-0.2, 0) is 0 Å². The highest BCUT2D eigenvalue weighted by atomic mass is 16.2. The molecular weight excluding hydrogens is 264 g/mol. The molecule has 0 spiro atoms. The van der Waals surface area contributed by atoms with E-state index in [2.05, 4.69) is 23.7 Å². The highest BCUT2D eigenvalue weighted by Crippen LogP contribution is 2.15. The van der Waals surface area contributed by atoms with E-state index in [1.165, 1.54) is 0 Å². The predicted octanol–water partition coefficient (Wildman–Crippen LogP) is 1.12. The highest BCUT2D eigenvalue weighted by molar-refractivity contribution is 5.97. The first-order valence-corrected chi connectivity index (χ1v) is 7.37. The molecule has 1 amide bonds. The number of benzene rings is 1. The van der Waals surface area contributed by atoms with Crippen molar-refractivity contribution in [1.82, 2.24) is 9.80 Å². The molecule has 1 heterocycles. The number of amides is 1. The zero-order valence-corrected chi connectivity index (χ0v) is 12.7. The van der Waals surface area contributed by atoms with E-state index in [4.69, 9.17) is 5.11 Å². The molecular formula is C17H22N2O2. The van der Waals surface area contributed by atoms with Crippen molar-refractivity contribution in [3.63, 3.8) is 0 Å². The molecule has 1 saturated heterocycles. The summed E-state index contributed by atoms with van der Waals surface area (Å²) in [5, 5.41) is 8.84. The predicted molar refractivity (Wildman–Crippen MR) is 83.2 cm³/mol. The topological polar surface area (TPSA) is 43.8 Å². The van der Waals surface area contributed by atoms with Gasteiger partial charge < -0.3 is 14.9 Å². The summed E-state index contributed by atoms with van der Waals surface area (Å²) in [4.78, 5) is 16.9. The molecule has 0 atom stereocenters. The number of carbonyl (C=O) groups excluding carboxylic acids is 1. The van der Waals surface area contributed by atoms with Crippen LogP contribution in [0.4, 0.5) is 0 Å². The Bertz CT molecular complexity index is 564. The Labute approximate surface area is 126 Å².